The first-order valence-corrected chi connectivity index (χ1v) is 6.70. The molecule has 2 atom stereocenters. The zero-order valence-corrected chi connectivity index (χ0v) is 11.5. The van der Waals surface area contributed by atoms with Gasteiger partial charge in [-0.3, -0.25) is 14.8 Å². The van der Waals surface area contributed by atoms with Gasteiger partial charge in [-0.15, -0.1) is 0 Å². The smallest absolute Gasteiger partial charge is 0.314 e. The molecule has 1 aliphatic heterocycles. The average Bonchev–Trinajstić information content (AvgIpc) is 2.86. The number of para-hydroxylation sites is 1. The van der Waals surface area contributed by atoms with Gasteiger partial charge in [-0.2, -0.15) is 5.10 Å². The van der Waals surface area contributed by atoms with Crippen LogP contribution in [0.3, 0.4) is 0 Å². The normalized spacial score (nSPS) is 21.2. The summed E-state index contributed by atoms with van der Waals surface area (Å²) in [7, 11) is 0. The highest BCUT2D eigenvalue weighted by atomic mass is 16.4. The molecule has 0 radical (unpaired) electrons. The number of aliphatic carboxylic acids is 1. The number of anilines is 1. The largest absolute Gasteiger partial charge is 0.481 e. The van der Waals surface area contributed by atoms with Crippen molar-refractivity contribution in [3.63, 3.8) is 0 Å². The molecule has 0 fully saturated rings. The van der Waals surface area contributed by atoms with Crippen molar-refractivity contribution in [2.75, 3.05) is 5.01 Å². The van der Waals surface area contributed by atoms with E-state index >= 15 is 0 Å². The number of benzene rings is 1. The molecule has 1 aliphatic rings. The van der Waals surface area contributed by atoms with E-state index in [0.29, 0.717) is 5.71 Å². The van der Waals surface area contributed by atoms with Crippen LogP contribution in [0.4, 0.5) is 5.69 Å². The van der Waals surface area contributed by atoms with E-state index in [2.05, 4.69) is 10.1 Å². The fourth-order valence-corrected chi connectivity index (χ4v) is 2.66. The number of hydrogen-bond acceptors (Lipinski definition) is 4. The van der Waals surface area contributed by atoms with Gasteiger partial charge < -0.3 is 5.11 Å². The fraction of sp³-hybridized carbons (Fsp3) is 0.188. The fourth-order valence-electron chi connectivity index (χ4n) is 2.66. The Hall–Kier alpha value is -2.69. The highest BCUT2D eigenvalue weighted by Crippen LogP contribution is 2.38. The molecule has 0 bridgehead atoms. The third kappa shape index (κ3) is 2.38. The number of nitrogens with zero attached hydrogens (tertiary/aromatic N) is 3. The first-order chi connectivity index (χ1) is 10.2. The zero-order chi connectivity index (χ0) is 14.8. The number of pyridine rings is 1. The third-order valence-corrected chi connectivity index (χ3v) is 3.61. The van der Waals surface area contributed by atoms with Crippen LogP contribution in [0, 0.1) is 5.92 Å². The summed E-state index contributed by atoms with van der Waals surface area (Å²) < 4.78 is 0. The van der Waals surface area contributed by atoms with Gasteiger partial charge in [-0.05, 0) is 30.7 Å². The minimum absolute atomic E-state index is 0.376. The van der Waals surface area contributed by atoms with Crippen LogP contribution >= 0.6 is 0 Å². The third-order valence-electron chi connectivity index (χ3n) is 3.61. The maximum atomic E-state index is 11.6. The Morgan fingerprint density at radius 3 is 2.57 bits per heavy atom. The monoisotopic (exact) mass is 281 g/mol. The number of hydrazone groups is 1. The van der Waals surface area contributed by atoms with Crippen LogP contribution in [0.15, 0.2) is 60.0 Å². The molecule has 2 unspecified atom stereocenters. The van der Waals surface area contributed by atoms with Crippen molar-refractivity contribution in [1.82, 2.24) is 4.98 Å². The van der Waals surface area contributed by atoms with Gasteiger partial charge in [0.2, 0.25) is 0 Å². The molecule has 1 aromatic heterocycles. The van der Waals surface area contributed by atoms with Gasteiger partial charge in [0.25, 0.3) is 0 Å². The van der Waals surface area contributed by atoms with E-state index in [1.54, 1.807) is 24.3 Å². The zero-order valence-electron chi connectivity index (χ0n) is 11.5. The molecule has 5 heteroatoms. The van der Waals surface area contributed by atoms with E-state index in [1.165, 1.54) is 0 Å². The molecule has 3 rings (SSSR count). The summed E-state index contributed by atoms with van der Waals surface area (Å²) >= 11 is 0. The maximum Gasteiger partial charge on any atom is 0.314 e. The number of carboxylic acids is 1. The molecule has 1 N–H and O–H groups in total. The van der Waals surface area contributed by atoms with Gasteiger partial charge in [-0.25, -0.2) is 0 Å². The topological polar surface area (TPSA) is 65.8 Å². The molecule has 0 saturated heterocycles. The predicted octanol–water partition coefficient (Wildman–Crippen LogP) is 2.72. The maximum absolute atomic E-state index is 11.6. The predicted molar refractivity (Wildman–Crippen MR) is 80.1 cm³/mol. The number of aromatic nitrogens is 1. The Morgan fingerprint density at radius 2 is 1.95 bits per heavy atom. The summed E-state index contributed by atoms with van der Waals surface area (Å²) in [5.41, 5.74) is 2.31. The molecule has 0 saturated carbocycles. The molecule has 2 aromatic rings. The molecule has 5 nitrogen and oxygen atoms in total. The minimum atomic E-state index is -0.872. The quantitative estimate of drug-likeness (QED) is 0.939. The van der Waals surface area contributed by atoms with Crippen LogP contribution in [-0.4, -0.2) is 21.8 Å². The number of carboxylic acid groups (broad SMARTS) is 1. The lowest BCUT2D eigenvalue weighted by Crippen LogP contribution is -2.30. The summed E-state index contributed by atoms with van der Waals surface area (Å²) in [4.78, 5) is 15.8. The van der Waals surface area contributed by atoms with E-state index in [-0.39, 0.29) is 6.04 Å². The van der Waals surface area contributed by atoms with Crippen LogP contribution < -0.4 is 5.01 Å². The van der Waals surface area contributed by atoms with E-state index in [0.717, 1.165) is 11.3 Å². The summed E-state index contributed by atoms with van der Waals surface area (Å²) in [6, 6.07) is 12.9. The average molecular weight is 281 g/mol. The molecule has 0 aliphatic carbocycles. The lowest BCUT2D eigenvalue weighted by atomic mass is 9.91. The summed E-state index contributed by atoms with van der Waals surface area (Å²) in [5, 5.41) is 15.8. The van der Waals surface area contributed by atoms with Gasteiger partial charge in [0.05, 0.1) is 17.4 Å². The Morgan fingerprint density at radius 1 is 1.19 bits per heavy atom. The van der Waals surface area contributed by atoms with E-state index in [9.17, 15) is 9.90 Å². The van der Waals surface area contributed by atoms with Gasteiger partial charge >= 0.3 is 5.97 Å². The molecule has 21 heavy (non-hydrogen) atoms. The van der Waals surface area contributed by atoms with Crippen LogP contribution in [0.5, 0.6) is 0 Å². The van der Waals surface area contributed by atoms with Crippen molar-refractivity contribution in [3.05, 3.63) is 60.4 Å². The second kappa shape index (κ2) is 5.36. The molecular formula is C16H15N3O2. The van der Waals surface area contributed by atoms with Crippen molar-refractivity contribution >= 4 is 17.4 Å². The number of rotatable bonds is 3. The van der Waals surface area contributed by atoms with Crippen LogP contribution in [0.25, 0.3) is 0 Å². The lowest BCUT2D eigenvalue weighted by Gasteiger charge is -2.26. The van der Waals surface area contributed by atoms with Gasteiger partial charge in [-0.1, -0.05) is 24.3 Å². The standard InChI is InChI=1S/C16H15N3O2/c1-11-14(16(20)21)15(12-6-5-9-17-10-12)19(18-11)13-7-3-2-4-8-13/h2-10,14-15H,1H3,(H,20,21). The second-order valence-electron chi connectivity index (χ2n) is 4.97. The number of carbonyl (C=O) groups is 1. The van der Waals surface area contributed by atoms with E-state index < -0.39 is 11.9 Å². The molecular weight excluding hydrogens is 266 g/mol. The molecule has 0 amide bonds. The highest BCUT2D eigenvalue weighted by molar-refractivity contribution is 6.03. The van der Waals surface area contributed by atoms with Crippen LogP contribution in [0.2, 0.25) is 0 Å². The van der Waals surface area contributed by atoms with Crippen LogP contribution in [0.1, 0.15) is 18.5 Å². The van der Waals surface area contributed by atoms with Gasteiger partial charge in [0, 0.05) is 12.4 Å². The molecule has 106 valence electrons. The van der Waals surface area contributed by atoms with Crippen molar-refractivity contribution in [2.45, 2.75) is 13.0 Å². The first kappa shape index (κ1) is 13.3. The lowest BCUT2D eigenvalue weighted by molar-refractivity contribution is -0.139. The molecule has 2 heterocycles. The van der Waals surface area contributed by atoms with Crippen molar-refractivity contribution in [3.8, 4) is 0 Å². The Kier molecular flexibility index (Phi) is 3.39. The second-order valence-corrected chi connectivity index (χ2v) is 4.97. The van der Waals surface area contributed by atoms with Gasteiger partial charge in [0.1, 0.15) is 5.92 Å². The first-order valence-electron chi connectivity index (χ1n) is 6.70. The molecule has 1 aromatic carbocycles. The SMILES string of the molecule is CC1=NN(c2ccccc2)C(c2cccnc2)C1C(=O)O. The molecule has 0 spiro atoms. The van der Waals surface area contributed by atoms with Crippen molar-refractivity contribution in [1.29, 1.82) is 0 Å². The van der Waals surface area contributed by atoms with Crippen LogP contribution in [-0.2, 0) is 4.79 Å². The summed E-state index contributed by atoms with van der Waals surface area (Å²) in [6.45, 7) is 1.76. The highest BCUT2D eigenvalue weighted by Gasteiger charge is 2.41. The van der Waals surface area contributed by atoms with Gasteiger partial charge in [0.15, 0.2) is 0 Å². The van der Waals surface area contributed by atoms with E-state index in [4.69, 9.17) is 0 Å². The Labute approximate surface area is 122 Å². The Bertz CT molecular complexity index is 670. The summed E-state index contributed by atoms with van der Waals surface area (Å²) in [6.07, 6.45) is 3.37. The van der Waals surface area contributed by atoms with Crippen molar-refractivity contribution < 1.29 is 9.90 Å². The minimum Gasteiger partial charge on any atom is -0.481 e. The summed E-state index contributed by atoms with van der Waals surface area (Å²) in [5.74, 6) is -1.54. The van der Waals surface area contributed by atoms with E-state index in [1.807, 2.05) is 42.5 Å². The number of hydrogen-bond donors (Lipinski definition) is 1. The Balaban J connectivity index is 2.08. The van der Waals surface area contributed by atoms with Crippen molar-refractivity contribution in [2.24, 2.45) is 11.0 Å².